The monoisotopic (exact) mass is 315 g/mol. The van der Waals surface area contributed by atoms with Gasteiger partial charge in [0, 0.05) is 13.2 Å². The lowest BCUT2D eigenvalue weighted by Crippen LogP contribution is -2.05. The number of unbranched alkanes of at least 4 members (excludes halogenated alkanes) is 3. The third kappa shape index (κ3) is 5.85. The maximum absolute atomic E-state index is 8.66. The summed E-state index contributed by atoms with van der Waals surface area (Å²) in [6.07, 6.45) is 4.10. The van der Waals surface area contributed by atoms with Crippen LogP contribution in [0.2, 0.25) is 0 Å². The molecule has 0 bridgehead atoms. The highest BCUT2D eigenvalue weighted by molar-refractivity contribution is 9.10. The first-order chi connectivity index (χ1) is 8.77. The fourth-order valence-corrected chi connectivity index (χ4v) is 2.27. The van der Waals surface area contributed by atoms with Gasteiger partial charge in [0.1, 0.15) is 5.75 Å². The normalized spacial score (nSPS) is 10.6. The van der Waals surface area contributed by atoms with Crippen LogP contribution in [0, 0.1) is 0 Å². The van der Waals surface area contributed by atoms with Gasteiger partial charge in [0.15, 0.2) is 0 Å². The van der Waals surface area contributed by atoms with E-state index in [1.807, 2.05) is 13.1 Å². The molecule has 3 nitrogen and oxygen atoms in total. The van der Waals surface area contributed by atoms with Crippen LogP contribution in [0.5, 0.6) is 5.75 Å². The van der Waals surface area contributed by atoms with Crippen molar-refractivity contribution in [2.24, 2.45) is 0 Å². The summed E-state index contributed by atoms with van der Waals surface area (Å²) in [4.78, 5) is 0. The van der Waals surface area contributed by atoms with Crippen molar-refractivity contribution >= 4 is 15.9 Å². The van der Waals surface area contributed by atoms with Crippen molar-refractivity contribution in [2.45, 2.75) is 32.2 Å². The van der Waals surface area contributed by atoms with Gasteiger partial charge < -0.3 is 15.2 Å². The zero-order valence-electron chi connectivity index (χ0n) is 10.9. The van der Waals surface area contributed by atoms with Crippen LogP contribution in [0.15, 0.2) is 22.7 Å². The van der Waals surface area contributed by atoms with Crippen LogP contribution >= 0.6 is 15.9 Å². The van der Waals surface area contributed by atoms with E-state index in [-0.39, 0.29) is 0 Å². The van der Waals surface area contributed by atoms with Gasteiger partial charge >= 0.3 is 0 Å². The van der Waals surface area contributed by atoms with E-state index in [0.29, 0.717) is 6.61 Å². The summed E-state index contributed by atoms with van der Waals surface area (Å²) in [5.74, 6) is 0.900. The maximum atomic E-state index is 8.66. The van der Waals surface area contributed by atoms with Crippen LogP contribution in [-0.2, 0) is 6.54 Å². The Labute approximate surface area is 118 Å². The van der Waals surface area contributed by atoms with E-state index >= 15 is 0 Å². The predicted octanol–water partition coefficient (Wildman–Crippen LogP) is 3.10. The molecule has 4 heteroatoms. The molecule has 0 aromatic heterocycles. The lowest BCUT2D eigenvalue weighted by molar-refractivity contribution is 0.273. The van der Waals surface area contributed by atoms with Crippen LogP contribution in [0.3, 0.4) is 0 Å². The van der Waals surface area contributed by atoms with Gasteiger partial charge in [-0.25, -0.2) is 0 Å². The second-order valence-corrected chi connectivity index (χ2v) is 5.14. The lowest BCUT2D eigenvalue weighted by Gasteiger charge is -2.09. The highest BCUT2D eigenvalue weighted by atomic mass is 79.9. The van der Waals surface area contributed by atoms with Gasteiger partial charge in [-0.15, -0.1) is 0 Å². The van der Waals surface area contributed by atoms with E-state index in [4.69, 9.17) is 9.84 Å². The third-order valence-corrected chi connectivity index (χ3v) is 3.31. The highest BCUT2D eigenvalue weighted by Crippen LogP contribution is 2.26. The zero-order chi connectivity index (χ0) is 13.2. The summed E-state index contributed by atoms with van der Waals surface area (Å²) in [5.41, 5.74) is 1.24. The Morgan fingerprint density at radius 3 is 2.67 bits per heavy atom. The Balaban J connectivity index is 2.29. The van der Waals surface area contributed by atoms with Crippen LogP contribution < -0.4 is 10.1 Å². The average molecular weight is 316 g/mol. The quantitative estimate of drug-likeness (QED) is 0.688. The molecule has 0 aliphatic rings. The highest BCUT2D eigenvalue weighted by Gasteiger charge is 2.02. The largest absolute Gasteiger partial charge is 0.492 e. The first-order valence-corrected chi connectivity index (χ1v) is 7.24. The number of aliphatic hydroxyl groups is 1. The van der Waals surface area contributed by atoms with Crippen LogP contribution in [-0.4, -0.2) is 25.4 Å². The molecule has 0 amide bonds. The van der Waals surface area contributed by atoms with Crippen molar-refractivity contribution in [1.82, 2.24) is 5.32 Å². The number of aliphatic hydroxyl groups excluding tert-OH is 1. The second-order valence-electron chi connectivity index (χ2n) is 4.28. The summed E-state index contributed by atoms with van der Waals surface area (Å²) >= 11 is 3.53. The molecule has 0 aliphatic heterocycles. The summed E-state index contributed by atoms with van der Waals surface area (Å²) < 4.78 is 6.73. The number of ether oxygens (including phenoxy) is 1. The molecule has 18 heavy (non-hydrogen) atoms. The molecule has 0 heterocycles. The minimum atomic E-state index is 0.291. The van der Waals surface area contributed by atoms with Gasteiger partial charge in [-0.05, 0) is 59.9 Å². The number of nitrogens with one attached hydrogen (secondary N) is 1. The van der Waals surface area contributed by atoms with Crippen molar-refractivity contribution in [3.63, 3.8) is 0 Å². The molecule has 0 radical (unpaired) electrons. The Hall–Kier alpha value is -0.580. The van der Waals surface area contributed by atoms with Crippen molar-refractivity contribution in [3.05, 3.63) is 28.2 Å². The van der Waals surface area contributed by atoms with E-state index in [9.17, 15) is 0 Å². The number of rotatable bonds is 9. The van der Waals surface area contributed by atoms with Gasteiger partial charge in [-0.1, -0.05) is 12.5 Å². The summed E-state index contributed by atoms with van der Waals surface area (Å²) in [6.45, 7) is 1.88. The molecular weight excluding hydrogens is 294 g/mol. The molecule has 1 aromatic rings. The Bertz CT molecular complexity index is 345. The van der Waals surface area contributed by atoms with Gasteiger partial charge in [0.25, 0.3) is 0 Å². The van der Waals surface area contributed by atoms with E-state index < -0.39 is 0 Å². The summed E-state index contributed by atoms with van der Waals surface area (Å²) in [7, 11) is 1.94. The van der Waals surface area contributed by atoms with E-state index in [0.717, 1.165) is 49.1 Å². The number of halogens is 1. The van der Waals surface area contributed by atoms with Gasteiger partial charge in [-0.2, -0.15) is 0 Å². The maximum Gasteiger partial charge on any atom is 0.133 e. The Kier molecular flexibility index (Phi) is 8.05. The first kappa shape index (κ1) is 15.5. The average Bonchev–Trinajstić information content (AvgIpc) is 2.36. The van der Waals surface area contributed by atoms with E-state index in [1.165, 1.54) is 5.56 Å². The van der Waals surface area contributed by atoms with E-state index in [1.54, 1.807) is 0 Å². The molecule has 0 atom stereocenters. The molecule has 0 spiro atoms. The van der Waals surface area contributed by atoms with E-state index in [2.05, 4.69) is 33.4 Å². The molecule has 0 saturated heterocycles. The van der Waals surface area contributed by atoms with Gasteiger partial charge in [0.2, 0.25) is 0 Å². The van der Waals surface area contributed by atoms with Crippen LogP contribution in [0.4, 0.5) is 0 Å². The lowest BCUT2D eigenvalue weighted by atomic mass is 10.2. The molecule has 2 N–H and O–H groups in total. The molecule has 0 unspecified atom stereocenters. The van der Waals surface area contributed by atoms with Crippen molar-refractivity contribution < 1.29 is 9.84 Å². The van der Waals surface area contributed by atoms with Crippen LogP contribution in [0.1, 0.15) is 31.2 Å². The molecule has 0 aliphatic carbocycles. The molecule has 1 aromatic carbocycles. The summed E-state index contributed by atoms with van der Waals surface area (Å²) in [6, 6.07) is 6.16. The topological polar surface area (TPSA) is 41.5 Å². The SMILES string of the molecule is CNCc1ccc(OCCCCCCO)c(Br)c1. The molecule has 102 valence electrons. The van der Waals surface area contributed by atoms with Crippen molar-refractivity contribution in [3.8, 4) is 5.75 Å². The fourth-order valence-electron chi connectivity index (χ4n) is 1.73. The van der Waals surface area contributed by atoms with Crippen LogP contribution in [0.25, 0.3) is 0 Å². The fraction of sp³-hybridized carbons (Fsp3) is 0.571. The number of hydrogen-bond donors (Lipinski definition) is 2. The van der Waals surface area contributed by atoms with Gasteiger partial charge in [-0.3, -0.25) is 0 Å². The Morgan fingerprint density at radius 1 is 1.22 bits per heavy atom. The Morgan fingerprint density at radius 2 is 2.00 bits per heavy atom. The smallest absolute Gasteiger partial charge is 0.133 e. The molecule has 1 rings (SSSR count). The predicted molar refractivity (Wildman–Crippen MR) is 78.0 cm³/mol. The van der Waals surface area contributed by atoms with Crippen molar-refractivity contribution in [2.75, 3.05) is 20.3 Å². The van der Waals surface area contributed by atoms with Crippen molar-refractivity contribution in [1.29, 1.82) is 0 Å². The number of benzene rings is 1. The third-order valence-electron chi connectivity index (χ3n) is 2.69. The summed E-state index contributed by atoms with van der Waals surface area (Å²) in [5, 5.41) is 11.8. The minimum Gasteiger partial charge on any atom is -0.492 e. The second kappa shape index (κ2) is 9.36. The first-order valence-electron chi connectivity index (χ1n) is 6.44. The molecule has 0 saturated carbocycles. The zero-order valence-corrected chi connectivity index (χ0v) is 12.5. The number of hydrogen-bond acceptors (Lipinski definition) is 3. The minimum absolute atomic E-state index is 0.291. The standard InChI is InChI=1S/C14H22BrNO2/c1-16-11-12-6-7-14(13(15)10-12)18-9-5-3-2-4-8-17/h6-7,10,16-17H,2-5,8-9,11H2,1H3. The van der Waals surface area contributed by atoms with Gasteiger partial charge in [0.05, 0.1) is 11.1 Å². The molecular formula is C14H22BrNO2. The molecule has 0 fully saturated rings.